The van der Waals surface area contributed by atoms with Crippen LogP contribution in [0.5, 0.6) is 0 Å². The Hall–Kier alpha value is -1.66. The number of thiophene rings is 2. The average Bonchev–Trinajstić information content (AvgIpc) is 3.17. The summed E-state index contributed by atoms with van der Waals surface area (Å²) in [5.41, 5.74) is 1.36. The molecule has 0 amide bonds. The van der Waals surface area contributed by atoms with Crippen LogP contribution >= 0.6 is 22.7 Å². The van der Waals surface area contributed by atoms with Crippen molar-refractivity contribution in [1.82, 2.24) is 9.55 Å². The second kappa shape index (κ2) is 5.76. The van der Waals surface area contributed by atoms with E-state index in [0.29, 0.717) is 0 Å². The van der Waals surface area contributed by atoms with E-state index in [0.717, 1.165) is 35.6 Å². The van der Waals surface area contributed by atoms with Crippen molar-refractivity contribution >= 4 is 38.8 Å². The standard InChI is InChI=1S/C17H19N3OS2/c1-19(10-11-6-5-9-22-11)17-18-15-14(16(21)20(17)2)12-7-3-4-8-13(12)23-15/h5-6,9H,3-4,7-8,10H2,1-2H3. The predicted molar refractivity (Wildman–Crippen MR) is 97.9 cm³/mol. The Labute approximate surface area is 143 Å². The first-order valence-corrected chi connectivity index (χ1v) is 9.59. The van der Waals surface area contributed by atoms with Gasteiger partial charge in [0.15, 0.2) is 0 Å². The summed E-state index contributed by atoms with van der Waals surface area (Å²) in [6, 6.07) is 4.17. The minimum absolute atomic E-state index is 0.0995. The Kier molecular flexibility index (Phi) is 3.73. The maximum absolute atomic E-state index is 12.9. The third-order valence-corrected chi connectivity index (χ3v) is 6.53. The molecule has 4 nitrogen and oxygen atoms in total. The van der Waals surface area contributed by atoms with Gasteiger partial charge in [-0.1, -0.05) is 6.07 Å². The largest absolute Gasteiger partial charge is 0.340 e. The fourth-order valence-electron chi connectivity index (χ4n) is 3.32. The highest BCUT2D eigenvalue weighted by Gasteiger charge is 2.22. The molecule has 0 saturated carbocycles. The summed E-state index contributed by atoms with van der Waals surface area (Å²) < 4.78 is 1.71. The molecule has 120 valence electrons. The van der Waals surface area contributed by atoms with Crippen molar-refractivity contribution in [2.24, 2.45) is 7.05 Å². The Balaban J connectivity index is 1.82. The lowest BCUT2D eigenvalue weighted by atomic mass is 9.97. The molecule has 0 aliphatic heterocycles. The molecule has 0 unspecified atom stereocenters. The third-order valence-electron chi connectivity index (χ3n) is 4.49. The topological polar surface area (TPSA) is 38.1 Å². The highest BCUT2D eigenvalue weighted by molar-refractivity contribution is 7.18. The van der Waals surface area contributed by atoms with Gasteiger partial charge in [0.2, 0.25) is 5.95 Å². The van der Waals surface area contributed by atoms with Gasteiger partial charge in [-0.05, 0) is 42.7 Å². The molecule has 0 aromatic carbocycles. The van der Waals surface area contributed by atoms with E-state index >= 15 is 0 Å². The Morgan fingerprint density at radius 3 is 2.96 bits per heavy atom. The van der Waals surface area contributed by atoms with Crippen LogP contribution in [0.15, 0.2) is 22.3 Å². The van der Waals surface area contributed by atoms with Crippen LogP contribution in [0, 0.1) is 0 Å². The molecule has 0 fully saturated rings. The highest BCUT2D eigenvalue weighted by Crippen LogP contribution is 2.34. The Morgan fingerprint density at radius 1 is 1.35 bits per heavy atom. The molecule has 0 N–H and O–H groups in total. The Morgan fingerprint density at radius 2 is 2.17 bits per heavy atom. The number of rotatable bonds is 3. The normalized spacial score (nSPS) is 14.2. The predicted octanol–water partition coefficient (Wildman–Crippen LogP) is 3.57. The summed E-state index contributed by atoms with van der Waals surface area (Å²) in [5, 5.41) is 2.94. The van der Waals surface area contributed by atoms with E-state index in [1.807, 2.05) is 14.1 Å². The second-order valence-electron chi connectivity index (χ2n) is 6.10. The molecule has 3 aromatic heterocycles. The summed E-state index contributed by atoms with van der Waals surface area (Å²) in [5.74, 6) is 0.745. The van der Waals surface area contributed by atoms with Gasteiger partial charge in [0.05, 0.1) is 11.9 Å². The maximum Gasteiger partial charge on any atom is 0.263 e. The van der Waals surface area contributed by atoms with E-state index < -0.39 is 0 Å². The van der Waals surface area contributed by atoms with Gasteiger partial charge < -0.3 is 4.90 Å². The van der Waals surface area contributed by atoms with Crippen LogP contribution < -0.4 is 10.5 Å². The van der Waals surface area contributed by atoms with Crippen LogP contribution in [-0.4, -0.2) is 16.6 Å². The van der Waals surface area contributed by atoms with E-state index in [-0.39, 0.29) is 5.56 Å². The summed E-state index contributed by atoms with van der Waals surface area (Å²) in [4.78, 5) is 23.3. The summed E-state index contributed by atoms with van der Waals surface area (Å²) in [7, 11) is 3.84. The summed E-state index contributed by atoms with van der Waals surface area (Å²) in [6.07, 6.45) is 4.53. The van der Waals surface area contributed by atoms with Gasteiger partial charge in [-0.15, -0.1) is 22.7 Å². The van der Waals surface area contributed by atoms with Gasteiger partial charge in [-0.3, -0.25) is 9.36 Å². The molecule has 4 rings (SSSR count). The van der Waals surface area contributed by atoms with E-state index in [4.69, 9.17) is 4.98 Å². The minimum Gasteiger partial charge on any atom is -0.340 e. The molecule has 3 heterocycles. The number of anilines is 1. The average molecular weight is 345 g/mol. The molecule has 0 spiro atoms. The second-order valence-corrected chi connectivity index (χ2v) is 8.22. The first kappa shape index (κ1) is 14.9. The smallest absolute Gasteiger partial charge is 0.263 e. The van der Waals surface area contributed by atoms with Crippen molar-refractivity contribution in [2.45, 2.75) is 32.2 Å². The first-order valence-electron chi connectivity index (χ1n) is 7.90. The minimum atomic E-state index is 0.0995. The van der Waals surface area contributed by atoms with Crippen molar-refractivity contribution in [2.75, 3.05) is 11.9 Å². The van der Waals surface area contributed by atoms with Crippen molar-refractivity contribution in [3.05, 3.63) is 43.2 Å². The van der Waals surface area contributed by atoms with Gasteiger partial charge in [0.1, 0.15) is 4.83 Å². The third kappa shape index (κ3) is 2.50. The molecule has 0 radical (unpaired) electrons. The van der Waals surface area contributed by atoms with E-state index in [9.17, 15) is 4.79 Å². The molecule has 0 saturated heterocycles. The molecule has 3 aromatic rings. The van der Waals surface area contributed by atoms with Gasteiger partial charge in [-0.25, -0.2) is 4.98 Å². The zero-order valence-electron chi connectivity index (χ0n) is 13.3. The van der Waals surface area contributed by atoms with Gasteiger partial charge in [0, 0.05) is 23.8 Å². The van der Waals surface area contributed by atoms with E-state index in [1.165, 1.54) is 28.2 Å². The molecule has 1 aliphatic rings. The number of aromatic nitrogens is 2. The van der Waals surface area contributed by atoms with Crippen molar-refractivity contribution in [1.29, 1.82) is 0 Å². The molecule has 6 heteroatoms. The lowest BCUT2D eigenvalue weighted by Gasteiger charge is -2.20. The van der Waals surface area contributed by atoms with Crippen LogP contribution in [0.3, 0.4) is 0 Å². The van der Waals surface area contributed by atoms with Crippen molar-refractivity contribution in [3.8, 4) is 0 Å². The van der Waals surface area contributed by atoms with Gasteiger partial charge in [-0.2, -0.15) is 0 Å². The fraction of sp³-hybridized carbons (Fsp3) is 0.412. The van der Waals surface area contributed by atoms with Crippen molar-refractivity contribution < 1.29 is 0 Å². The molecular formula is C17H19N3OS2. The monoisotopic (exact) mass is 345 g/mol. The van der Waals surface area contributed by atoms with Crippen LogP contribution in [0.2, 0.25) is 0 Å². The maximum atomic E-state index is 12.9. The number of nitrogens with zero attached hydrogens (tertiary/aromatic N) is 3. The van der Waals surface area contributed by atoms with Gasteiger partial charge in [0.25, 0.3) is 5.56 Å². The lowest BCUT2D eigenvalue weighted by molar-refractivity contribution is 0.698. The SMILES string of the molecule is CN(Cc1cccs1)c1nc2sc3c(c2c(=O)n1C)CCCC3. The molecule has 1 aliphatic carbocycles. The molecular weight excluding hydrogens is 326 g/mol. The zero-order valence-corrected chi connectivity index (χ0v) is 15.0. The molecule has 23 heavy (non-hydrogen) atoms. The number of fused-ring (bicyclic) bond motifs is 3. The first-order chi connectivity index (χ1) is 11.1. The molecule has 0 bridgehead atoms. The quantitative estimate of drug-likeness (QED) is 0.728. The van der Waals surface area contributed by atoms with Crippen LogP contribution in [0.25, 0.3) is 10.2 Å². The number of hydrogen-bond acceptors (Lipinski definition) is 5. The van der Waals surface area contributed by atoms with Gasteiger partial charge >= 0.3 is 0 Å². The summed E-state index contributed by atoms with van der Waals surface area (Å²) >= 11 is 3.44. The van der Waals surface area contributed by atoms with Crippen LogP contribution in [0.4, 0.5) is 5.95 Å². The number of aryl methyl sites for hydroxylation is 2. The summed E-state index contributed by atoms with van der Waals surface area (Å²) in [6.45, 7) is 0.772. The zero-order chi connectivity index (χ0) is 16.0. The van der Waals surface area contributed by atoms with Crippen LogP contribution in [-0.2, 0) is 26.4 Å². The van der Waals surface area contributed by atoms with E-state index in [1.54, 1.807) is 27.2 Å². The Bertz CT molecular complexity index is 908. The van der Waals surface area contributed by atoms with Crippen molar-refractivity contribution in [3.63, 3.8) is 0 Å². The highest BCUT2D eigenvalue weighted by atomic mass is 32.1. The van der Waals surface area contributed by atoms with E-state index in [2.05, 4.69) is 22.4 Å². The van der Waals surface area contributed by atoms with Crippen LogP contribution in [0.1, 0.15) is 28.2 Å². The molecule has 0 atom stereocenters. The lowest BCUT2D eigenvalue weighted by Crippen LogP contribution is -2.28. The fourth-order valence-corrected chi connectivity index (χ4v) is 5.33. The number of hydrogen-bond donors (Lipinski definition) is 0.